The van der Waals surface area contributed by atoms with Gasteiger partial charge >= 0.3 is 0 Å². The van der Waals surface area contributed by atoms with Crippen LogP contribution >= 0.6 is 0 Å². The van der Waals surface area contributed by atoms with Crippen molar-refractivity contribution in [1.29, 1.82) is 5.26 Å². The molecule has 1 aromatic carbocycles. The van der Waals surface area contributed by atoms with Crippen molar-refractivity contribution in [3.8, 4) is 6.07 Å². The third kappa shape index (κ3) is 3.70. The van der Waals surface area contributed by atoms with Crippen molar-refractivity contribution < 1.29 is 13.9 Å². The largest absolute Gasteiger partial charge is 0.382 e. The van der Waals surface area contributed by atoms with Gasteiger partial charge in [0.1, 0.15) is 23.6 Å². The van der Waals surface area contributed by atoms with Crippen molar-refractivity contribution in [1.82, 2.24) is 5.32 Å². The Labute approximate surface area is 123 Å². The fourth-order valence-electron chi connectivity index (χ4n) is 2.30. The van der Waals surface area contributed by atoms with Crippen LogP contribution in [0.5, 0.6) is 0 Å². The van der Waals surface area contributed by atoms with Gasteiger partial charge in [-0.3, -0.25) is 4.79 Å². The van der Waals surface area contributed by atoms with Crippen LogP contribution in [-0.4, -0.2) is 31.7 Å². The first-order chi connectivity index (χ1) is 10.1. The summed E-state index contributed by atoms with van der Waals surface area (Å²) in [5.41, 5.74) is 0.411. The smallest absolute Gasteiger partial charge is 0.249 e. The van der Waals surface area contributed by atoms with E-state index >= 15 is 0 Å². The average molecular weight is 291 g/mol. The molecule has 5 nitrogen and oxygen atoms in total. The summed E-state index contributed by atoms with van der Waals surface area (Å²) < 4.78 is 18.8. The topological polar surface area (TPSA) is 74.2 Å². The molecule has 1 aliphatic heterocycles. The molecule has 2 rings (SSSR count). The normalized spacial score (nSPS) is 20.8. The second-order valence-electron chi connectivity index (χ2n) is 5.05. The van der Waals surface area contributed by atoms with Gasteiger partial charge in [0.05, 0.1) is 5.69 Å². The molecule has 1 aromatic rings. The van der Waals surface area contributed by atoms with Crippen LogP contribution in [-0.2, 0) is 9.53 Å². The van der Waals surface area contributed by atoms with Gasteiger partial charge in [0.15, 0.2) is 0 Å². The zero-order valence-electron chi connectivity index (χ0n) is 11.9. The third-order valence-electron chi connectivity index (χ3n) is 3.51. The first-order valence-electron chi connectivity index (χ1n) is 6.95. The maximum Gasteiger partial charge on any atom is 0.249 e. The van der Waals surface area contributed by atoms with Gasteiger partial charge in [-0.15, -0.1) is 0 Å². The SMILES string of the molecule is CC1CCOC1C(=O)NCCNc1cccc(F)c1C#N. The molecule has 0 radical (unpaired) electrons. The van der Waals surface area contributed by atoms with Gasteiger partial charge in [-0.2, -0.15) is 5.26 Å². The lowest BCUT2D eigenvalue weighted by molar-refractivity contribution is -0.131. The number of hydrogen-bond donors (Lipinski definition) is 2. The van der Waals surface area contributed by atoms with Crippen molar-refractivity contribution in [3.63, 3.8) is 0 Å². The summed E-state index contributed by atoms with van der Waals surface area (Å²) in [4.78, 5) is 11.9. The van der Waals surface area contributed by atoms with Gasteiger partial charge in [0.25, 0.3) is 0 Å². The number of rotatable bonds is 5. The van der Waals surface area contributed by atoms with Gasteiger partial charge in [-0.25, -0.2) is 4.39 Å². The van der Waals surface area contributed by atoms with Crippen molar-refractivity contribution in [2.75, 3.05) is 25.0 Å². The first kappa shape index (κ1) is 15.3. The van der Waals surface area contributed by atoms with Crippen LogP contribution in [0.25, 0.3) is 0 Å². The summed E-state index contributed by atoms with van der Waals surface area (Å²) in [6, 6.07) is 6.22. The van der Waals surface area contributed by atoms with Crippen LogP contribution in [0.3, 0.4) is 0 Å². The summed E-state index contributed by atoms with van der Waals surface area (Å²) >= 11 is 0. The van der Waals surface area contributed by atoms with Crippen molar-refractivity contribution in [2.24, 2.45) is 5.92 Å². The number of halogens is 1. The van der Waals surface area contributed by atoms with Crippen LogP contribution in [0.4, 0.5) is 10.1 Å². The highest BCUT2D eigenvalue weighted by molar-refractivity contribution is 5.81. The number of amides is 1. The molecule has 0 saturated carbocycles. The Morgan fingerprint density at radius 1 is 1.52 bits per heavy atom. The van der Waals surface area contributed by atoms with Crippen molar-refractivity contribution in [3.05, 3.63) is 29.6 Å². The highest BCUT2D eigenvalue weighted by Crippen LogP contribution is 2.20. The Morgan fingerprint density at radius 3 is 3.00 bits per heavy atom. The minimum absolute atomic E-state index is 0.0171. The Bertz CT molecular complexity index is 556. The number of ether oxygens (including phenoxy) is 1. The lowest BCUT2D eigenvalue weighted by Crippen LogP contribution is -2.39. The summed E-state index contributed by atoms with van der Waals surface area (Å²) in [5, 5.41) is 14.6. The number of nitrogens with zero attached hydrogens (tertiary/aromatic N) is 1. The second kappa shape index (κ2) is 7.04. The molecule has 1 heterocycles. The van der Waals surface area contributed by atoms with Gasteiger partial charge in [-0.1, -0.05) is 13.0 Å². The highest BCUT2D eigenvalue weighted by Gasteiger charge is 2.30. The molecular weight excluding hydrogens is 273 g/mol. The minimum atomic E-state index is -0.556. The second-order valence-corrected chi connectivity index (χ2v) is 5.05. The molecule has 2 unspecified atom stereocenters. The molecule has 21 heavy (non-hydrogen) atoms. The number of carbonyl (C=O) groups is 1. The van der Waals surface area contributed by atoms with E-state index in [0.29, 0.717) is 25.4 Å². The van der Waals surface area contributed by atoms with Crippen molar-refractivity contribution >= 4 is 11.6 Å². The Hall–Kier alpha value is -2.13. The van der Waals surface area contributed by atoms with Crippen LogP contribution < -0.4 is 10.6 Å². The summed E-state index contributed by atoms with van der Waals surface area (Å²) in [6.07, 6.45) is 0.513. The number of benzene rings is 1. The van der Waals surface area contributed by atoms with Gasteiger partial charge in [-0.05, 0) is 24.5 Å². The fraction of sp³-hybridized carbons (Fsp3) is 0.467. The number of hydrogen-bond acceptors (Lipinski definition) is 4. The van der Waals surface area contributed by atoms with E-state index in [-0.39, 0.29) is 23.5 Å². The molecule has 0 spiro atoms. The highest BCUT2D eigenvalue weighted by atomic mass is 19.1. The van der Waals surface area contributed by atoms with Gasteiger partial charge < -0.3 is 15.4 Å². The number of nitriles is 1. The van der Waals surface area contributed by atoms with Crippen LogP contribution in [0.1, 0.15) is 18.9 Å². The van der Waals surface area contributed by atoms with Gasteiger partial charge in [0, 0.05) is 19.7 Å². The van der Waals surface area contributed by atoms with E-state index in [4.69, 9.17) is 10.00 Å². The molecule has 1 fully saturated rings. The van der Waals surface area contributed by atoms with Crippen LogP contribution in [0, 0.1) is 23.1 Å². The first-order valence-corrected chi connectivity index (χ1v) is 6.95. The summed E-state index contributed by atoms with van der Waals surface area (Å²) in [7, 11) is 0. The van der Waals surface area contributed by atoms with Crippen LogP contribution in [0.15, 0.2) is 18.2 Å². The number of anilines is 1. The molecule has 1 saturated heterocycles. The third-order valence-corrected chi connectivity index (χ3v) is 3.51. The molecule has 1 aliphatic rings. The Kier molecular flexibility index (Phi) is 5.12. The van der Waals surface area contributed by atoms with E-state index < -0.39 is 5.82 Å². The van der Waals surface area contributed by atoms with Crippen molar-refractivity contribution in [2.45, 2.75) is 19.4 Å². The number of carbonyl (C=O) groups excluding carboxylic acids is 1. The average Bonchev–Trinajstić information content (AvgIpc) is 2.90. The quantitative estimate of drug-likeness (QED) is 0.809. The predicted molar refractivity (Wildman–Crippen MR) is 76.1 cm³/mol. The maximum atomic E-state index is 13.4. The molecule has 2 N–H and O–H groups in total. The van der Waals surface area contributed by atoms with E-state index in [1.807, 2.05) is 13.0 Å². The van der Waals surface area contributed by atoms with Gasteiger partial charge in [0.2, 0.25) is 5.91 Å². The van der Waals surface area contributed by atoms with E-state index in [0.717, 1.165) is 6.42 Å². The zero-order valence-corrected chi connectivity index (χ0v) is 11.9. The van der Waals surface area contributed by atoms with E-state index in [2.05, 4.69) is 10.6 Å². The van der Waals surface area contributed by atoms with E-state index in [1.165, 1.54) is 12.1 Å². The molecule has 0 aliphatic carbocycles. The molecule has 0 aromatic heterocycles. The molecule has 112 valence electrons. The standard InChI is InChI=1S/C15H18FN3O2/c1-10-5-8-21-14(10)15(20)19-7-6-18-13-4-2-3-12(16)11(13)9-17/h2-4,10,14,18H,5-8H2,1H3,(H,19,20). The lowest BCUT2D eigenvalue weighted by Gasteiger charge is -2.15. The summed E-state index contributed by atoms with van der Waals surface area (Å²) in [5.74, 6) is -0.451. The predicted octanol–water partition coefficient (Wildman–Crippen LogP) is 1.65. The fourth-order valence-corrected chi connectivity index (χ4v) is 2.30. The van der Waals surface area contributed by atoms with E-state index in [9.17, 15) is 9.18 Å². The van der Waals surface area contributed by atoms with E-state index in [1.54, 1.807) is 6.07 Å². The zero-order chi connectivity index (χ0) is 15.2. The Balaban J connectivity index is 1.79. The molecular formula is C15H18FN3O2. The molecule has 2 atom stereocenters. The molecule has 6 heteroatoms. The maximum absolute atomic E-state index is 13.4. The minimum Gasteiger partial charge on any atom is -0.382 e. The Morgan fingerprint density at radius 2 is 2.33 bits per heavy atom. The lowest BCUT2D eigenvalue weighted by atomic mass is 10.0. The molecule has 0 bridgehead atoms. The summed E-state index contributed by atoms with van der Waals surface area (Å²) in [6.45, 7) is 3.39. The number of nitrogens with one attached hydrogen (secondary N) is 2. The monoisotopic (exact) mass is 291 g/mol. The van der Waals surface area contributed by atoms with Crippen LogP contribution in [0.2, 0.25) is 0 Å². The molecule has 1 amide bonds.